The summed E-state index contributed by atoms with van der Waals surface area (Å²) in [5.74, 6) is -0.804. The van der Waals surface area contributed by atoms with Crippen LogP contribution in [0, 0.1) is 5.92 Å². The van der Waals surface area contributed by atoms with Crippen LogP contribution in [0.3, 0.4) is 0 Å². The van der Waals surface area contributed by atoms with Gasteiger partial charge in [0.1, 0.15) is 24.0 Å². The summed E-state index contributed by atoms with van der Waals surface area (Å²) >= 11 is 0. The number of methoxy groups -OCH3 is 1. The van der Waals surface area contributed by atoms with Crippen LogP contribution in [0.5, 0.6) is 17.2 Å². The van der Waals surface area contributed by atoms with Crippen molar-refractivity contribution in [1.82, 2.24) is 10.3 Å². The van der Waals surface area contributed by atoms with Gasteiger partial charge < -0.3 is 24.6 Å². The number of rotatable bonds is 11. The standard InChI is InChI=1S/C24H32N2O6/c1-6-10-19(22(15(2)3)31-17-11-8-7-9-12-17)32-24(29)16(4)26-23(28)20-21(27)18(30-5)13-14-25-20/h7-9,11-16,19,22,27H,6,10H2,1-5H3,(H,26,28)/t16-,19+,22+/m0/s1. The van der Waals surface area contributed by atoms with Crippen molar-refractivity contribution in [2.75, 3.05) is 7.11 Å². The number of nitrogens with zero attached hydrogens (tertiary/aromatic N) is 1. The third-order valence-corrected chi connectivity index (χ3v) is 4.90. The molecule has 1 amide bonds. The van der Waals surface area contributed by atoms with E-state index >= 15 is 0 Å². The summed E-state index contributed by atoms with van der Waals surface area (Å²) in [7, 11) is 1.37. The van der Waals surface area contributed by atoms with Gasteiger partial charge in [0, 0.05) is 12.3 Å². The van der Waals surface area contributed by atoms with Crippen molar-refractivity contribution in [2.24, 2.45) is 5.92 Å². The molecule has 32 heavy (non-hydrogen) atoms. The highest BCUT2D eigenvalue weighted by Gasteiger charge is 2.31. The van der Waals surface area contributed by atoms with Gasteiger partial charge in [-0.05, 0) is 31.4 Å². The minimum Gasteiger partial charge on any atom is -0.503 e. The van der Waals surface area contributed by atoms with E-state index in [2.05, 4.69) is 10.3 Å². The van der Waals surface area contributed by atoms with Crippen molar-refractivity contribution in [2.45, 2.75) is 58.8 Å². The number of pyridine rings is 1. The fraction of sp³-hybridized carbons (Fsp3) is 0.458. The highest BCUT2D eigenvalue weighted by Crippen LogP contribution is 2.27. The van der Waals surface area contributed by atoms with Crippen LogP contribution in [0.1, 0.15) is 51.0 Å². The molecule has 1 aromatic heterocycles. The lowest BCUT2D eigenvalue weighted by Gasteiger charge is -2.31. The predicted octanol–water partition coefficient (Wildman–Crippen LogP) is 3.73. The number of carbonyl (C=O) groups is 2. The van der Waals surface area contributed by atoms with Crippen molar-refractivity contribution in [1.29, 1.82) is 0 Å². The zero-order valence-electron chi connectivity index (χ0n) is 19.2. The summed E-state index contributed by atoms with van der Waals surface area (Å²) in [6, 6.07) is 9.85. The highest BCUT2D eigenvalue weighted by atomic mass is 16.6. The van der Waals surface area contributed by atoms with Crippen LogP contribution < -0.4 is 14.8 Å². The Bertz CT molecular complexity index is 887. The van der Waals surface area contributed by atoms with Crippen LogP contribution in [0.2, 0.25) is 0 Å². The number of aromatic nitrogens is 1. The van der Waals surface area contributed by atoms with E-state index in [1.165, 1.54) is 26.3 Å². The zero-order chi connectivity index (χ0) is 23.7. The second kappa shape index (κ2) is 11.9. The monoisotopic (exact) mass is 444 g/mol. The van der Waals surface area contributed by atoms with E-state index < -0.39 is 29.8 Å². The molecule has 0 aliphatic rings. The van der Waals surface area contributed by atoms with Crippen LogP contribution in [0.4, 0.5) is 0 Å². The van der Waals surface area contributed by atoms with Gasteiger partial charge in [0.05, 0.1) is 7.11 Å². The molecule has 0 aliphatic heterocycles. The van der Waals surface area contributed by atoms with E-state index in [0.717, 1.165) is 6.42 Å². The maximum atomic E-state index is 12.8. The molecule has 0 fully saturated rings. The Labute approximate surface area is 188 Å². The number of amides is 1. The molecule has 8 heteroatoms. The molecular weight excluding hydrogens is 412 g/mol. The molecule has 0 spiro atoms. The van der Waals surface area contributed by atoms with Gasteiger partial charge in [0.2, 0.25) is 0 Å². The lowest BCUT2D eigenvalue weighted by atomic mass is 9.98. The fourth-order valence-electron chi connectivity index (χ4n) is 3.21. The molecule has 0 bridgehead atoms. The summed E-state index contributed by atoms with van der Waals surface area (Å²) < 4.78 is 16.9. The first-order chi connectivity index (χ1) is 15.3. The largest absolute Gasteiger partial charge is 0.503 e. The van der Waals surface area contributed by atoms with Crippen LogP contribution in [-0.4, -0.2) is 47.3 Å². The number of esters is 1. The molecule has 174 valence electrons. The number of aromatic hydroxyl groups is 1. The van der Waals surface area contributed by atoms with Crippen LogP contribution in [0.15, 0.2) is 42.6 Å². The molecule has 0 aliphatic carbocycles. The van der Waals surface area contributed by atoms with Gasteiger partial charge in [-0.3, -0.25) is 4.79 Å². The van der Waals surface area contributed by atoms with Gasteiger partial charge in [-0.15, -0.1) is 0 Å². The average molecular weight is 445 g/mol. The highest BCUT2D eigenvalue weighted by molar-refractivity contribution is 5.97. The topological polar surface area (TPSA) is 107 Å². The molecule has 0 unspecified atom stereocenters. The minimum absolute atomic E-state index is 0.0855. The molecule has 8 nitrogen and oxygen atoms in total. The van der Waals surface area contributed by atoms with Crippen LogP contribution in [0.25, 0.3) is 0 Å². The van der Waals surface area contributed by atoms with Gasteiger partial charge in [-0.25, -0.2) is 9.78 Å². The molecule has 3 atom stereocenters. The number of carbonyl (C=O) groups excluding carboxylic acids is 2. The van der Waals surface area contributed by atoms with Gasteiger partial charge >= 0.3 is 5.97 Å². The Balaban J connectivity index is 2.09. The molecule has 2 N–H and O–H groups in total. The third kappa shape index (κ3) is 6.60. The molecule has 0 saturated heterocycles. The van der Waals surface area contributed by atoms with E-state index in [0.29, 0.717) is 12.2 Å². The van der Waals surface area contributed by atoms with E-state index in [-0.39, 0.29) is 23.5 Å². The molecule has 2 aromatic rings. The van der Waals surface area contributed by atoms with Gasteiger partial charge in [0.15, 0.2) is 17.2 Å². The fourth-order valence-corrected chi connectivity index (χ4v) is 3.21. The van der Waals surface area contributed by atoms with Crippen LogP contribution >= 0.6 is 0 Å². The van der Waals surface area contributed by atoms with Crippen LogP contribution in [-0.2, 0) is 9.53 Å². The SMILES string of the molecule is CCC[C@@H](OC(=O)[C@H](C)NC(=O)c1nccc(OC)c1O)[C@H](Oc1ccccc1)C(C)C. The van der Waals surface area contributed by atoms with Crippen molar-refractivity contribution in [3.8, 4) is 17.2 Å². The third-order valence-electron chi connectivity index (χ3n) is 4.90. The van der Waals surface area contributed by atoms with Gasteiger partial charge in [-0.1, -0.05) is 45.4 Å². The normalized spacial score (nSPS) is 13.7. The van der Waals surface area contributed by atoms with E-state index in [9.17, 15) is 14.7 Å². The number of hydrogen-bond acceptors (Lipinski definition) is 7. The summed E-state index contributed by atoms with van der Waals surface area (Å²) in [4.78, 5) is 29.2. The minimum atomic E-state index is -0.959. The summed E-state index contributed by atoms with van der Waals surface area (Å²) in [5.41, 5.74) is -0.235. The number of nitrogens with one attached hydrogen (secondary N) is 1. The zero-order valence-corrected chi connectivity index (χ0v) is 19.2. The average Bonchev–Trinajstić information content (AvgIpc) is 2.77. The Kier molecular flexibility index (Phi) is 9.31. The Hall–Kier alpha value is -3.29. The second-order valence-corrected chi connectivity index (χ2v) is 7.81. The number of hydrogen-bond donors (Lipinski definition) is 2. The van der Waals surface area contributed by atoms with Crippen molar-refractivity contribution in [3.05, 3.63) is 48.3 Å². The first-order valence-corrected chi connectivity index (χ1v) is 10.7. The van der Waals surface area contributed by atoms with E-state index in [4.69, 9.17) is 14.2 Å². The Morgan fingerprint density at radius 2 is 1.81 bits per heavy atom. The molecule has 0 saturated carbocycles. The van der Waals surface area contributed by atoms with Crippen molar-refractivity contribution < 1.29 is 28.9 Å². The van der Waals surface area contributed by atoms with Gasteiger partial charge in [-0.2, -0.15) is 0 Å². The lowest BCUT2D eigenvalue weighted by molar-refractivity contribution is -0.157. The number of para-hydroxylation sites is 1. The van der Waals surface area contributed by atoms with Gasteiger partial charge in [0.25, 0.3) is 5.91 Å². The summed E-state index contributed by atoms with van der Waals surface area (Å²) in [6.45, 7) is 7.53. The van der Waals surface area contributed by atoms with Crippen molar-refractivity contribution >= 4 is 11.9 Å². The summed E-state index contributed by atoms with van der Waals surface area (Å²) in [6.07, 6.45) is 1.90. The molecular formula is C24H32N2O6. The first-order valence-electron chi connectivity index (χ1n) is 10.7. The maximum Gasteiger partial charge on any atom is 0.328 e. The smallest absolute Gasteiger partial charge is 0.328 e. The molecule has 0 radical (unpaired) electrons. The quantitative estimate of drug-likeness (QED) is 0.509. The predicted molar refractivity (Wildman–Crippen MR) is 120 cm³/mol. The van der Waals surface area contributed by atoms with Crippen molar-refractivity contribution in [3.63, 3.8) is 0 Å². The molecule has 1 aromatic carbocycles. The number of benzene rings is 1. The van der Waals surface area contributed by atoms with E-state index in [1.54, 1.807) is 0 Å². The molecule has 1 heterocycles. The maximum absolute atomic E-state index is 12.8. The Morgan fingerprint density at radius 3 is 2.41 bits per heavy atom. The number of ether oxygens (including phenoxy) is 3. The lowest BCUT2D eigenvalue weighted by Crippen LogP contribution is -2.45. The summed E-state index contributed by atoms with van der Waals surface area (Å²) in [5, 5.41) is 12.6. The first kappa shape index (κ1) is 25.0. The van der Waals surface area contributed by atoms with E-state index in [1.807, 2.05) is 51.1 Å². The second-order valence-electron chi connectivity index (χ2n) is 7.81. The molecule has 2 rings (SSSR count). The Morgan fingerprint density at radius 1 is 1.12 bits per heavy atom.